The maximum atomic E-state index is 14.6. The van der Waals surface area contributed by atoms with Crippen LogP contribution in [-0.4, -0.2) is 19.5 Å². The van der Waals surface area contributed by atoms with Crippen LogP contribution in [0.2, 0.25) is 0 Å². The number of fused-ring (bicyclic) bond motifs is 1. The highest BCUT2D eigenvalue weighted by molar-refractivity contribution is 5.79. The third-order valence-corrected chi connectivity index (χ3v) is 5.27. The molecule has 2 aromatic heterocycles. The molecule has 5 N–H and O–H groups in total. The number of hydrogen-bond acceptors (Lipinski definition) is 8. The van der Waals surface area contributed by atoms with Gasteiger partial charge in [0.1, 0.15) is 34.5 Å². The lowest BCUT2D eigenvalue weighted by Crippen LogP contribution is -2.28. The number of hydrogen-bond donors (Lipinski definition) is 3. The molecule has 0 aliphatic heterocycles. The van der Waals surface area contributed by atoms with E-state index in [4.69, 9.17) is 11.5 Å². The van der Waals surface area contributed by atoms with Crippen molar-refractivity contribution in [3.63, 3.8) is 0 Å². The van der Waals surface area contributed by atoms with E-state index in [0.717, 1.165) is 16.7 Å². The topological polar surface area (TPSA) is 149 Å². The van der Waals surface area contributed by atoms with Crippen molar-refractivity contribution in [1.29, 1.82) is 5.26 Å². The van der Waals surface area contributed by atoms with Gasteiger partial charge in [-0.05, 0) is 43.7 Å². The molecule has 0 amide bonds. The summed E-state index contributed by atoms with van der Waals surface area (Å²) < 4.78 is 42.7. The number of anilines is 3. The summed E-state index contributed by atoms with van der Waals surface area (Å²) >= 11 is 0. The smallest absolute Gasteiger partial charge is 0.269 e. The predicted molar refractivity (Wildman–Crippen MR) is 125 cm³/mol. The number of benzene rings is 2. The molecule has 178 valence electrons. The molecule has 0 saturated heterocycles. The fourth-order valence-electron chi connectivity index (χ4n) is 3.77. The third-order valence-electron chi connectivity index (χ3n) is 5.27. The summed E-state index contributed by atoms with van der Waals surface area (Å²) in [7, 11) is 0. The first kappa shape index (κ1) is 23.5. The molecule has 2 aromatic carbocycles. The third kappa shape index (κ3) is 4.31. The highest BCUT2D eigenvalue weighted by atomic mass is 19.3. The number of nitrogens with zero attached hydrogens (tertiary/aromatic N) is 5. The van der Waals surface area contributed by atoms with Crippen LogP contribution in [0.25, 0.3) is 16.6 Å². The molecule has 0 spiro atoms. The molecular weight excluding hydrogens is 461 g/mol. The highest BCUT2D eigenvalue weighted by Crippen LogP contribution is 2.28. The monoisotopic (exact) mass is 480 g/mol. The lowest BCUT2D eigenvalue weighted by Gasteiger charge is -2.21. The summed E-state index contributed by atoms with van der Waals surface area (Å²) in [4.78, 5) is 25.7. The molecule has 0 aliphatic rings. The minimum Gasteiger partial charge on any atom is -0.382 e. The van der Waals surface area contributed by atoms with Crippen LogP contribution in [0.5, 0.6) is 0 Å². The number of alkyl halides is 2. The van der Waals surface area contributed by atoms with Gasteiger partial charge in [-0.1, -0.05) is 12.1 Å². The van der Waals surface area contributed by atoms with E-state index in [1.54, 1.807) is 13.8 Å². The van der Waals surface area contributed by atoms with Crippen LogP contribution in [0.4, 0.5) is 30.8 Å². The Labute approximate surface area is 196 Å². The molecule has 0 radical (unpaired) electrons. The van der Waals surface area contributed by atoms with Crippen molar-refractivity contribution >= 4 is 28.5 Å². The van der Waals surface area contributed by atoms with E-state index in [9.17, 15) is 23.2 Å². The molecule has 0 saturated carbocycles. The van der Waals surface area contributed by atoms with E-state index in [1.165, 1.54) is 24.3 Å². The zero-order valence-electron chi connectivity index (χ0n) is 18.6. The van der Waals surface area contributed by atoms with Crippen molar-refractivity contribution in [2.45, 2.75) is 26.3 Å². The van der Waals surface area contributed by atoms with Crippen molar-refractivity contribution in [1.82, 2.24) is 19.5 Å². The van der Waals surface area contributed by atoms with Crippen LogP contribution in [0.15, 0.2) is 41.2 Å². The van der Waals surface area contributed by atoms with Crippen LogP contribution < -0.4 is 22.3 Å². The standard InChI is InChI=1S/C23H19F3N8O/c1-10-6-12(18(25)26)8-13(7-10)34-21(31-16-5-3-4-15(24)17(16)22(34)35)11(2)30-20-14(9-27)19(28)32-23(29)33-20/h3-8,11,18H,1-2H3,(H5,28,29,30,32,33). The first-order valence-electron chi connectivity index (χ1n) is 10.3. The van der Waals surface area contributed by atoms with E-state index < -0.39 is 23.8 Å². The summed E-state index contributed by atoms with van der Waals surface area (Å²) in [6.45, 7) is 3.20. The predicted octanol–water partition coefficient (Wildman–Crippen LogP) is 3.77. The molecular formula is C23H19F3N8O. The van der Waals surface area contributed by atoms with Gasteiger partial charge in [-0.3, -0.25) is 9.36 Å². The van der Waals surface area contributed by atoms with Crippen LogP contribution in [-0.2, 0) is 0 Å². The van der Waals surface area contributed by atoms with E-state index in [0.29, 0.717) is 5.56 Å². The van der Waals surface area contributed by atoms with Gasteiger partial charge in [-0.15, -0.1) is 0 Å². The van der Waals surface area contributed by atoms with Gasteiger partial charge in [-0.25, -0.2) is 18.2 Å². The number of nitrogens with two attached hydrogens (primary N) is 2. The summed E-state index contributed by atoms with van der Waals surface area (Å²) in [6, 6.07) is 8.96. The maximum absolute atomic E-state index is 14.6. The molecule has 1 atom stereocenters. The van der Waals surface area contributed by atoms with Gasteiger partial charge in [-0.2, -0.15) is 15.2 Å². The van der Waals surface area contributed by atoms with Gasteiger partial charge < -0.3 is 16.8 Å². The minimum atomic E-state index is -2.79. The summed E-state index contributed by atoms with van der Waals surface area (Å²) in [6.07, 6.45) is -2.79. The number of nitrogens with one attached hydrogen (secondary N) is 1. The minimum absolute atomic E-state index is 0.0114. The Balaban J connectivity index is 1.99. The zero-order valence-corrected chi connectivity index (χ0v) is 18.6. The fourth-order valence-corrected chi connectivity index (χ4v) is 3.77. The molecule has 0 aliphatic carbocycles. The van der Waals surface area contributed by atoms with Crippen molar-refractivity contribution in [2.75, 3.05) is 16.8 Å². The molecule has 12 heteroatoms. The normalized spacial score (nSPS) is 12.0. The molecule has 2 heterocycles. The Morgan fingerprint density at radius 2 is 1.89 bits per heavy atom. The van der Waals surface area contributed by atoms with Crippen LogP contribution in [0, 0.1) is 24.1 Å². The van der Waals surface area contributed by atoms with E-state index in [1.807, 2.05) is 6.07 Å². The van der Waals surface area contributed by atoms with Crippen molar-refractivity contribution in [3.8, 4) is 11.8 Å². The molecule has 4 rings (SSSR count). The second-order valence-electron chi connectivity index (χ2n) is 7.82. The zero-order chi connectivity index (χ0) is 25.4. The Morgan fingerprint density at radius 1 is 1.14 bits per heavy atom. The van der Waals surface area contributed by atoms with Gasteiger partial charge in [0.15, 0.2) is 5.82 Å². The van der Waals surface area contributed by atoms with Gasteiger partial charge in [0.05, 0.1) is 17.2 Å². The molecule has 1 unspecified atom stereocenters. The summed E-state index contributed by atoms with van der Waals surface area (Å²) in [5, 5.41) is 12.1. The lowest BCUT2D eigenvalue weighted by atomic mass is 10.1. The second-order valence-corrected chi connectivity index (χ2v) is 7.82. The van der Waals surface area contributed by atoms with Gasteiger partial charge in [0.25, 0.3) is 12.0 Å². The van der Waals surface area contributed by atoms with Crippen molar-refractivity contribution < 1.29 is 13.2 Å². The van der Waals surface area contributed by atoms with Crippen LogP contribution >= 0.6 is 0 Å². The van der Waals surface area contributed by atoms with Gasteiger partial charge in [0.2, 0.25) is 5.95 Å². The average molecular weight is 480 g/mol. The largest absolute Gasteiger partial charge is 0.382 e. The Bertz CT molecular complexity index is 1560. The second kappa shape index (κ2) is 8.94. The van der Waals surface area contributed by atoms with E-state index in [-0.39, 0.29) is 51.1 Å². The van der Waals surface area contributed by atoms with Crippen LogP contribution in [0.1, 0.15) is 41.9 Å². The van der Waals surface area contributed by atoms with Gasteiger partial charge >= 0.3 is 0 Å². The number of nitriles is 1. The number of nitrogen functional groups attached to an aromatic ring is 2. The Hall–Kier alpha value is -4.66. The fraction of sp³-hybridized carbons (Fsp3) is 0.174. The van der Waals surface area contributed by atoms with Crippen molar-refractivity contribution in [2.24, 2.45) is 0 Å². The SMILES string of the molecule is Cc1cc(C(F)F)cc(-n2c(C(C)Nc3nc(N)nc(N)c3C#N)nc3cccc(F)c3c2=O)c1. The quantitative estimate of drug-likeness (QED) is 0.391. The maximum Gasteiger partial charge on any atom is 0.269 e. The highest BCUT2D eigenvalue weighted by Gasteiger charge is 2.23. The summed E-state index contributed by atoms with van der Waals surface area (Å²) in [5.74, 6) is -1.10. The Morgan fingerprint density at radius 3 is 2.57 bits per heavy atom. The first-order chi connectivity index (χ1) is 16.6. The number of aromatic nitrogens is 4. The number of halogens is 3. The van der Waals surface area contributed by atoms with E-state index >= 15 is 0 Å². The first-order valence-corrected chi connectivity index (χ1v) is 10.3. The summed E-state index contributed by atoms with van der Waals surface area (Å²) in [5.41, 5.74) is 10.9. The molecule has 0 fully saturated rings. The molecule has 35 heavy (non-hydrogen) atoms. The molecule has 0 bridgehead atoms. The number of aryl methyl sites for hydroxylation is 1. The van der Waals surface area contributed by atoms with Crippen molar-refractivity contribution in [3.05, 3.63) is 75.1 Å². The van der Waals surface area contributed by atoms with E-state index in [2.05, 4.69) is 20.3 Å². The molecule has 4 aromatic rings. The Kier molecular flexibility index (Phi) is 6.00. The molecule has 9 nitrogen and oxygen atoms in total. The van der Waals surface area contributed by atoms with Crippen LogP contribution in [0.3, 0.4) is 0 Å². The van der Waals surface area contributed by atoms with Gasteiger partial charge in [0, 0.05) is 5.56 Å². The number of rotatable bonds is 5. The average Bonchev–Trinajstić information content (AvgIpc) is 2.78. The lowest BCUT2D eigenvalue weighted by molar-refractivity contribution is 0.151.